The summed E-state index contributed by atoms with van der Waals surface area (Å²) in [5.41, 5.74) is 5.16. The number of fused-ring (bicyclic) bond motifs is 3. The highest BCUT2D eigenvalue weighted by atomic mass is 35.5. The van der Waals surface area contributed by atoms with Crippen LogP contribution in [0.2, 0.25) is 5.02 Å². The molecule has 0 saturated carbocycles. The first-order valence-corrected chi connectivity index (χ1v) is 11.8. The number of hydrogen-bond donors (Lipinski definition) is 0. The maximum atomic E-state index is 11.3. The maximum absolute atomic E-state index is 11.3. The van der Waals surface area contributed by atoms with Crippen LogP contribution in [-0.4, -0.2) is 35.1 Å². The number of aromatic nitrogens is 2. The van der Waals surface area contributed by atoms with E-state index in [9.17, 15) is 4.91 Å². The molecule has 2 aromatic rings. The van der Waals surface area contributed by atoms with Crippen molar-refractivity contribution in [2.45, 2.75) is 58.9 Å². The van der Waals surface area contributed by atoms with E-state index >= 15 is 0 Å². The fourth-order valence-corrected chi connectivity index (χ4v) is 4.75. The summed E-state index contributed by atoms with van der Waals surface area (Å²) in [7, 11) is 3.61. The van der Waals surface area contributed by atoms with E-state index in [1.165, 1.54) is 5.56 Å². The number of benzene rings is 1. The topological polar surface area (TPSA) is 53.7 Å². The summed E-state index contributed by atoms with van der Waals surface area (Å²) in [4.78, 5) is 20.2. The van der Waals surface area contributed by atoms with E-state index in [-0.39, 0.29) is 0 Å². The molecule has 32 heavy (non-hydrogen) atoms. The smallest absolute Gasteiger partial charge is 0.211 e. The van der Waals surface area contributed by atoms with Crippen molar-refractivity contribution in [3.05, 3.63) is 63.4 Å². The fraction of sp³-hybridized carbons (Fsp3) is 0.480. The summed E-state index contributed by atoms with van der Waals surface area (Å²) in [5, 5.41) is 3.84. The number of anilines is 1. The molecule has 1 aliphatic heterocycles. The van der Waals surface area contributed by atoms with Crippen LogP contribution >= 0.6 is 11.6 Å². The van der Waals surface area contributed by atoms with Gasteiger partial charge >= 0.3 is 0 Å². The van der Waals surface area contributed by atoms with E-state index in [2.05, 4.69) is 41.1 Å². The Bertz CT molecular complexity index is 1060. The summed E-state index contributed by atoms with van der Waals surface area (Å²) in [6.07, 6.45) is 7.87. The van der Waals surface area contributed by atoms with Crippen LogP contribution in [-0.2, 0) is 6.54 Å². The van der Waals surface area contributed by atoms with Gasteiger partial charge in [-0.1, -0.05) is 38.1 Å². The molecular formula is C25H34ClN5O. The van der Waals surface area contributed by atoms with Gasteiger partial charge < -0.3 is 14.4 Å². The van der Waals surface area contributed by atoms with Gasteiger partial charge in [-0.3, -0.25) is 0 Å². The number of hydrogen-bond acceptors (Lipinski definition) is 5. The van der Waals surface area contributed by atoms with Gasteiger partial charge in [0, 0.05) is 32.9 Å². The minimum atomic E-state index is 0.365. The van der Waals surface area contributed by atoms with Crippen LogP contribution in [0.15, 0.2) is 53.1 Å². The van der Waals surface area contributed by atoms with E-state index in [4.69, 9.17) is 16.6 Å². The summed E-state index contributed by atoms with van der Waals surface area (Å²) in [6, 6.07) is 4.15. The molecule has 2 heterocycles. The van der Waals surface area contributed by atoms with Gasteiger partial charge in [0.2, 0.25) is 5.95 Å². The lowest BCUT2D eigenvalue weighted by Crippen LogP contribution is -2.25. The van der Waals surface area contributed by atoms with Gasteiger partial charge in [-0.15, -0.1) is 4.91 Å². The first-order chi connectivity index (χ1) is 15.4. The highest BCUT2D eigenvalue weighted by Gasteiger charge is 2.26. The molecule has 1 aromatic heterocycles. The molecule has 0 bridgehead atoms. The molecule has 1 aromatic carbocycles. The minimum absolute atomic E-state index is 0.365. The molecule has 0 fully saturated rings. The molecule has 0 N–H and O–H groups in total. The first-order valence-electron chi connectivity index (χ1n) is 11.4. The van der Waals surface area contributed by atoms with E-state index < -0.39 is 0 Å². The SMILES string of the molecule is C=C/C(=C(C)\C=C(/N=O)N(C)C)N1CCCCn2c1nc1c(Cl)ccc(C(CC)CC)c12. The van der Waals surface area contributed by atoms with E-state index in [1.807, 2.05) is 19.1 Å². The normalized spacial score (nSPS) is 15.5. The van der Waals surface area contributed by atoms with Gasteiger partial charge in [0.05, 0.1) is 10.5 Å². The molecule has 6 nitrogen and oxygen atoms in total. The molecule has 0 spiro atoms. The summed E-state index contributed by atoms with van der Waals surface area (Å²) in [6.45, 7) is 12.2. The van der Waals surface area contributed by atoms with Gasteiger partial charge in [0.1, 0.15) is 5.52 Å². The lowest BCUT2D eigenvalue weighted by Gasteiger charge is -2.25. The third-order valence-electron chi connectivity index (χ3n) is 6.32. The van der Waals surface area contributed by atoms with Crippen molar-refractivity contribution in [3.63, 3.8) is 0 Å². The van der Waals surface area contributed by atoms with Crippen molar-refractivity contribution in [2.24, 2.45) is 5.18 Å². The van der Waals surface area contributed by atoms with E-state index in [0.29, 0.717) is 16.8 Å². The molecule has 0 radical (unpaired) electrons. The molecule has 7 heteroatoms. The molecule has 0 unspecified atom stereocenters. The average Bonchev–Trinajstić information content (AvgIpc) is 3.04. The maximum Gasteiger partial charge on any atom is 0.211 e. The van der Waals surface area contributed by atoms with Crippen LogP contribution in [0.4, 0.5) is 5.95 Å². The van der Waals surface area contributed by atoms with Crippen LogP contribution in [0.5, 0.6) is 0 Å². The van der Waals surface area contributed by atoms with Gasteiger partial charge in [-0.2, -0.15) is 0 Å². The third kappa shape index (κ3) is 4.46. The molecular weight excluding hydrogens is 422 g/mol. The van der Waals surface area contributed by atoms with Crippen LogP contribution < -0.4 is 4.90 Å². The zero-order valence-corrected chi connectivity index (χ0v) is 20.6. The van der Waals surface area contributed by atoms with E-state index in [1.54, 1.807) is 25.1 Å². The van der Waals surface area contributed by atoms with Crippen LogP contribution in [0, 0.1) is 4.91 Å². The van der Waals surface area contributed by atoms with Crippen molar-refractivity contribution in [2.75, 3.05) is 25.5 Å². The third-order valence-corrected chi connectivity index (χ3v) is 6.63. The second-order valence-corrected chi connectivity index (χ2v) is 8.94. The summed E-state index contributed by atoms with van der Waals surface area (Å²) in [5.74, 6) is 1.71. The second kappa shape index (κ2) is 10.3. The molecule has 0 atom stereocenters. The second-order valence-electron chi connectivity index (χ2n) is 8.53. The van der Waals surface area contributed by atoms with Gasteiger partial charge in [0.15, 0.2) is 5.82 Å². The first kappa shape index (κ1) is 24.1. The number of halogens is 1. The predicted octanol–water partition coefficient (Wildman–Crippen LogP) is 6.82. The Balaban J connectivity index is 2.26. The Labute approximate surface area is 196 Å². The highest BCUT2D eigenvalue weighted by Crippen LogP contribution is 2.38. The average molecular weight is 456 g/mol. The largest absolute Gasteiger partial charge is 0.360 e. The quantitative estimate of drug-likeness (QED) is 0.323. The molecule has 0 aliphatic carbocycles. The van der Waals surface area contributed by atoms with Gasteiger partial charge in [0.25, 0.3) is 0 Å². The van der Waals surface area contributed by atoms with Crippen LogP contribution in [0.25, 0.3) is 11.0 Å². The minimum Gasteiger partial charge on any atom is -0.360 e. The highest BCUT2D eigenvalue weighted by molar-refractivity contribution is 6.35. The lowest BCUT2D eigenvalue weighted by atomic mass is 9.93. The zero-order valence-electron chi connectivity index (χ0n) is 19.9. The van der Waals surface area contributed by atoms with E-state index in [0.717, 1.165) is 67.0 Å². The Morgan fingerprint density at radius 2 is 1.97 bits per heavy atom. The Kier molecular flexibility index (Phi) is 7.77. The fourth-order valence-electron chi connectivity index (χ4n) is 4.55. The van der Waals surface area contributed by atoms with Gasteiger partial charge in [-0.25, -0.2) is 4.98 Å². The summed E-state index contributed by atoms with van der Waals surface area (Å²) < 4.78 is 2.33. The Hall–Kier alpha value is -2.60. The Morgan fingerprint density at radius 3 is 2.56 bits per heavy atom. The molecule has 3 rings (SSSR count). The van der Waals surface area contributed by atoms with Crippen molar-refractivity contribution in [3.8, 4) is 0 Å². The zero-order chi connectivity index (χ0) is 23.4. The number of rotatable bonds is 8. The van der Waals surface area contributed by atoms with Gasteiger partial charge in [-0.05, 0) is 73.1 Å². The number of nitrogens with zero attached hydrogens (tertiary/aromatic N) is 5. The number of allylic oxidation sites excluding steroid dienone is 3. The predicted molar refractivity (Wildman–Crippen MR) is 135 cm³/mol. The monoisotopic (exact) mass is 455 g/mol. The van der Waals surface area contributed by atoms with Crippen LogP contribution in [0.3, 0.4) is 0 Å². The van der Waals surface area contributed by atoms with Crippen molar-refractivity contribution < 1.29 is 0 Å². The number of imidazole rings is 1. The van der Waals surface area contributed by atoms with Crippen molar-refractivity contribution in [1.82, 2.24) is 14.5 Å². The molecule has 172 valence electrons. The van der Waals surface area contributed by atoms with Crippen molar-refractivity contribution in [1.29, 1.82) is 0 Å². The standard InChI is InChI=1S/C25H34ClN5O/c1-7-18(8-2)19-12-13-20(26)23-24(19)31-15-11-10-14-30(25(31)27-23)21(9-3)17(4)16-22(28-32)29(5)6/h9,12-13,16,18H,3,7-8,10-11,14-15H2,1-2,4-6H3/b21-17+,22-16+. The lowest BCUT2D eigenvalue weighted by molar-refractivity contribution is 0.505. The summed E-state index contributed by atoms with van der Waals surface area (Å²) >= 11 is 6.64. The van der Waals surface area contributed by atoms with Crippen LogP contribution in [0.1, 0.15) is 57.9 Å². The number of nitroso groups, excluding NO2 is 1. The van der Waals surface area contributed by atoms with Crippen molar-refractivity contribution >= 4 is 28.6 Å². The molecule has 0 saturated heterocycles. The Morgan fingerprint density at radius 1 is 1.28 bits per heavy atom. The number of aryl methyl sites for hydroxylation is 1. The molecule has 1 aliphatic rings. The molecule has 0 amide bonds.